The standard InChI is InChI=1S/C14H15NO2/c1-11(12-6-4-3-5-7-12)15(2)14(16)13-8-9-17-10-13/h3-11H,1-2H3. The lowest BCUT2D eigenvalue weighted by atomic mass is 10.1. The van der Waals surface area contributed by atoms with Crippen LogP contribution in [0.2, 0.25) is 0 Å². The van der Waals surface area contributed by atoms with Crippen molar-refractivity contribution in [3.8, 4) is 0 Å². The molecule has 3 heteroatoms. The van der Waals surface area contributed by atoms with Crippen LogP contribution in [0.1, 0.15) is 28.9 Å². The fourth-order valence-corrected chi connectivity index (χ4v) is 1.72. The molecule has 0 aliphatic carbocycles. The summed E-state index contributed by atoms with van der Waals surface area (Å²) in [6.45, 7) is 2.01. The van der Waals surface area contributed by atoms with Crippen molar-refractivity contribution in [2.24, 2.45) is 0 Å². The van der Waals surface area contributed by atoms with E-state index in [-0.39, 0.29) is 11.9 Å². The number of furan rings is 1. The van der Waals surface area contributed by atoms with Crippen LogP contribution >= 0.6 is 0 Å². The lowest BCUT2D eigenvalue weighted by Crippen LogP contribution is -2.29. The van der Waals surface area contributed by atoms with Gasteiger partial charge in [-0.15, -0.1) is 0 Å². The number of nitrogens with zero attached hydrogens (tertiary/aromatic N) is 1. The molecular formula is C14H15NO2. The molecule has 1 aromatic carbocycles. The molecule has 0 bridgehead atoms. The Balaban J connectivity index is 2.15. The highest BCUT2D eigenvalue weighted by molar-refractivity contribution is 5.93. The zero-order chi connectivity index (χ0) is 12.3. The Kier molecular flexibility index (Phi) is 3.28. The maximum atomic E-state index is 12.1. The third kappa shape index (κ3) is 2.38. The molecule has 0 aliphatic rings. The van der Waals surface area contributed by atoms with Gasteiger partial charge in [-0.2, -0.15) is 0 Å². The molecule has 0 radical (unpaired) electrons. The first-order valence-corrected chi connectivity index (χ1v) is 5.54. The van der Waals surface area contributed by atoms with Crippen molar-refractivity contribution in [2.45, 2.75) is 13.0 Å². The van der Waals surface area contributed by atoms with Crippen LogP contribution in [-0.4, -0.2) is 17.9 Å². The second-order valence-corrected chi connectivity index (χ2v) is 4.01. The van der Waals surface area contributed by atoms with E-state index in [1.807, 2.05) is 37.3 Å². The van der Waals surface area contributed by atoms with Gasteiger partial charge in [0.15, 0.2) is 0 Å². The molecule has 88 valence electrons. The van der Waals surface area contributed by atoms with E-state index in [9.17, 15) is 4.79 Å². The van der Waals surface area contributed by atoms with E-state index in [0.29, 0.717) is 5.56 Å². The smallest absolute Gasteiger partial charge is 0.257 e. The summed E-state index contributed by atoms with van der Waals surface area (Å²) < 4.78 is 4.92. The van der Waals surface area contributed by atoms with Crippen LogP contribution < -0.4 is 0 Å². The van der Waals surface area contributed by atoms with Gasteiger partial charge in [0, 0.05) is 7.05 Å². The zero-order valence-corrected chi connectivity index (χ0v) is 9.96. The first kappa shape index (κ1) is 11.5. The molecule has 2 aromatic rings. The maximum Gasteiger partial charge on any atom is 0.257 e. The minimum absolute atomic E-state index is 0.0323. The monoisotopic (exact) mass is 229 g/mol. The fraction of sp³-hybridized carbons (Fsp3) is 0.214. The van der Waals surface area contributed by atoms with Crippen LogP contribution in [0.3, 0.4) is 0 Å². The molecule has 1 amide bonds. The molecule has 1 aromatic heterocycles. The van der Waals surface area contributed by atoms with Crippen molar-refractivity contribution < 1.29 is 9.21 Å². The van der Waals surface area contributed by atoms with Crippen LogP contribution in [0.25, 0.3) is 0 Å². The average molecular weight is 229 g/mol. The van der Waals surface area contributed by atoms with E-state index in [0.717, 1.165) is 5.56 Å². The first-order valence-electron chi connectivity index (χ1n) is 5.54. The number of carbonyl (C=O) groups excluding carboxylic acids is 1. The highest BCUT2D eigenvalue weighted by Crippen LogP contribution is 2.20. The van der Waals surface area contributed by atoms with Gasteiger partial charge in [0.25, 0.3) is 5.91 Å². The van der Waals surface area contributed by atoms with Crippen LogP contribution in [0.4, 0.5) is 0 Å². The maximum absolute atomic E-state index is 12.1. The third-order valence-electron chi connectivity index (χ3n) is 2.95. The van der Waals surface area contributed by atoms with Gasteiger partial charge in [-0.3, -0.25) is 4.79 Å². The van der Waals surface area contributed by atoms with Crippen molar-refractivity contribution in [3.05, 3.63) is 60.1 Å². The quantitative estimate of drug-likeness (QED) is 0.810. The number of hydrogen-bond acceptors (Lipinski definition) is 2. The van der Waals surface area contributed by atoms with E-state index in [1.165, 1.54) is 12.5 Å². The summed E-state index contributed by atoms with van der Waals surface area (Å²) in [5.41, 5.74) is 1.70. The number of hydrogen-bond donors (Lipinski definition) is 0. The normalized spacial score (nSPS) is 12.1. The van der Waals surface area contributed by atoms with Gasteiger partial charge in [-0.25, -0.2) is 0 Å². The number of rotatable bonds is 3. The molecule has 0 N–H and O–H groups in total. The van der Waals surface area contributed by atoms with E-state index in [2.05, 4.69) is 0 Å². The summed E-state index contributed by atoms with van der Waals surface area (Å²) in [5.74, 6) is -0.0323. The molecule has 17 heavy (non-hydrogen) atoms. The first-order chi connectivity index (χ1) is 8.20. The summed E-state index contributed by atoms with van der Waals surface area (Å²) >= 11 is 0. The molecule has 0 saturated carbocycles. The molecule has 0 spiro atoms. The summed E-state index contributed by atoms with van der Waals surface area (Å²) in [5, 5.41) is 0. The highest BCUT2D eigenvalue weighted by Gasteiger charge is 2.19. The van der Waals surface area contributed by atoms with Gasteiger partial charge in [-0.05, 0) is 18.6 Å². The van der Waals surface area contributed by atoms with Gasteiger partial charge in [0.05, 0.1) is 17.9 Å². The Morgan fingerprint density at radius 3 is 2.53 bits per heavy atom. The van der Waals surface area contributed by atoms with Crippen LogP contribution in [0.5, 0.6) is 0 Å². The van der Waals surface area contributed by atoms with E-state index in [1.54, 1.807) is 18.0 Å². The Morgan fingerprint density at radius 1 is 1.24 bits per heavy atom. The lowest BCUT2D eigenvalue weighted by molar-refractivity contribution is 0.0742. The van der Waals surface area contributed by atoms with Crippen LogP contribution in [0, 0.1) is 0 Å². The molecule has 1 heterocycles. The summed E-state index contributed by atoms with van der Waals surface area (Å²) in [6, 6.07) is 11.7. The zero-order valence-electron chi connectivity index (χ0n) is 9.96. The van der Waals surface area contributed by atoms with E-state index < -0.39 is 0 Å². The molecule has 1 unspecified atom stereocenters. The highest BCUT2D eigenvalue weighted by atomic mass is 16.3. The van der Waals surface area contributed by atoms with Crippen molar-refractivity contribution in [1.82, 2.24) is 4.90 Å². The second-order valence-electron chi connectivity index (χ2n) is 4.01. The van der Waals surface area contributed by atoms with Crippen molar-refractivity contribution >= 4 is 5.91 Å². The fourth-order valence-electron chi connectivity index (χ4n) is 1.72. The van der Waals surface area contributed by atoms with E-state index in [4.69, 9.17) is 4.42 Å². The van der Waals surface area contributed by atoms with Crippen molar-refractivity contribution in [3.63, 3.8) is 0 Å². The van der Waals surface area contributed by atoms with Crippen molar-refractivity contribution in [1.29, 1.82) is 0 Å². The van der Waals surface area contributed by atoms with Gasteiger partial charge in [0.1, 0.15) is 6.26 Å². The minimum Gasteiger partial charge on any atom is -0.472 e. The number of amides is 1. The Morgan fingerprint density at radius 2 is 1.94 bits per heavy atom. The molecule has 1 atom stereocenters. The Bertz CT molecular complexity index is 476. The molecule has 2 rings (SSSR count). The summed E-state index contributed by atoms with van der Waals surface area (Å²) in [6.07, 6.45) is 2.98. The number of benzene rings is 1. The van der Waals surface area contributed by atoms with Gasteiger partial charge in [-0.1, -0.05) is 30.3 Å². The van der Waals surface area contributed by atoms with Crippen LogP contribution in [-0.2, 0) is 0 Å². The summed E-state index contributed by atoms with van der Waals surface area (Å²) in [4.78, 5) is 13.8. The van der Waals surface area contributed by atoms with Crippen molar-refractivity contribution in [2.75, 3.05) is 7.05 Å². The Hall–Kier alpha value is -2.03. The second kappa shape index (κ2) is 4.87. The number of carbonyl (C=O) groups is 1. The van der Waals surface area contributed by atoms with Gasteiger partial charge in [0.2, 0.25) is 0 Å². The third-order valence-corrected chi connectivity index (χ3v) is 2.95. The van der Waals surface area contributed by atoms with E-state index >= 15 is 0 Å². The van der Waals surface area contributed by atoms with Gasteiger partial charge < -0.3 is 9.32 Å². The predicted molar refractivity (Wildman–Crippen MR) is 65.7 cm³/mol. The molecule has 0 aliphatic heterocycles. The van der Waals surface area contributed by atoms with Gasteiger partial charge >= 0.3 is 0 Å². The Labute approximate surface area is 101 Å². The SMILES string of the molecule is CC(c1ccccc1)N(C)C(=O)c1ccoc1. The molecule has 0 fully saturated rings. The molecule has 3 nitrogen and oxygen atoms in total. The summed E-state index contributed by atoms with van der Waals surface area (Å²) in [7, 11) is 1.80. The average Bonchev–Trinajstić information content (AvgIpc) is 2.91. The minimum atomic E-state index is -0.0323. The largest absolute Gasteiger partial charge is 0.472 e. The topological polar surface area (TPSA) is 33.5 Å². The predicted octanol–water partition coefficient (Wildman–Crippen LogP) is 3.11. The van der Waals surface area contributed by atoms with Crippen LogP contribution in [0.15, 0.2) is 53.3 Å². The molecule has 0 saturated heterocycles. The lowest BCUT2D eigenvalue weighted by Gasteiger charge is -2.24. The molecular weight excluding hydrogens is 214 g/mol.